The zero-order chi connectivity index (χ0) is 17.0. The first kappa shape index (κ1) is 17.1. The first-order chi connectivity index (χ1) is 11.0. The van der Waals surface area contributed by atoms with Gasteiger partial charge in [0.25, 0.3) is 0 Å². The Bertz CT molecular complexity index is 664. The second-order valence-electron chi connectivity index (χ2n) is 6.02. The van der Waals surface area contributed by atoms with Gasteiger partial charge in [-0.25, -0.2) is 0 Å². The predicted octanol–water partition coefficient (Wildman–Crippen LogP) is 4.88. The molecule has 0 fully saturated rings. The van der Waals surface area contributed by atoms with Crippen LogP contribution in [-0.2, 0) is 6.42 Å². The van der Waals surface area contributed by atoms with E-state index in [0.29, 0.717) is 6.04 Å². The van der Waals surface area contributed by atoms with Gasteiger partial charge in [0.15, 0.2) is 0 Å². The van der Waals surface area contributed by atoms with Gasteiger partial charge in [-0.1, -0.05) is 50.9 Å². The standard InChI is InChI=1S/C21H28N2/c1-7-14(3)17-9-11-19-18(13-17)10-12-21(19)23-16(5)15(4)20(8-2)22-6/h8-9,11,13,21-23H,3-5,7,10,12H2,1-2,6H3/b20-8+/t21-/m0/s1. The average Bonchev–Trinajstić information content (AvgIpc) is 2.97. The lowest BCUT2D eigenvalue weighted by molar-refractivity contribution is 0.598. The van der Waals surface area contributed by atoms with E-state index in [1.807, 2.05) is 20.0 Å². The van der Waals surface area contributed by atoms with Gasteiger partial charge in [-0.2, -0.15) is 0 Å². The van der Waals surface area contributed by atoms with Crippen molar-refractivity contribution in [3.63, 3.8) is 0 Å². The van der Waals surface area contributed by atoms with Crippen LogP contribution in [0.3, 0.4) is 0 Å². The monoisotopic (exact) mass is 308 g/mol. The molecule has 0 bridgehead atoms. The predicted molar refractivity (Wildman–Crippen MR) is 101 cm³/mol. The van der Waals surface area contributed by atoms with Crippen LogP contribution >= 0.6 is 0 Å². The summed E-state index contributed by atoms with van der Waals surface area (Å²) in [7, 11) is 1.90. The van der Waals surface area contributed by atoms with Gasteiger partial charge in [0, 0.05) is 24.0 Å². The highest BCUT2D eigenvalue weighted by Crippen LogP contribution is 2.34. The second kappa shape index (κ2) is 7.36. The number of allylic oxidation sites excluding steroid dienone is 2. The zero-order valence-corrected chi connectivity index (χ0v) is 14.6. The van der Waals surface area contributed by atoms with Crippen LogP contribution in [0.1, 0.15) is 49.4 Å². The minimum Gasteiger partial charge on any atom is -0.388 e. The fourth-order valence-electron chi connectivity index (χ4n) is 3.12. The largest absolute Gasteiger partial charge is 0.388 e. The van der Waals surface area contributed by atoms with Crippen molar-refractivity contribution in [3.05, 3.63) is 77.7 Å². The molecule has 1 atom stereocenters. The quantitative estimate of drug-likeness (QED) is 0.702. The summed E-state index contributed by atoms with van der Waals surface area (Å²) in [5.74, 6) is 0. The van der Waals surface area contributed by atoms with Gasteiger partial charge in [-0.3, -0.25) is 0 Å². The van der Waals surface area contributed by atoms with E-state index in [1.54, 1.807) is 0 Å². The third kappa shape index (κ3) is 3.58. The van der Waals surface area contributed by atoms with Gasteiger partial charge >= 0.3 is 0 Å². The van der Waals surface area contributed by atoms with Crippen molar-refractivity contribution in [2.75, 3.05) is 7.05 Å². The number of hydrogen-bond donors (Lipinski definition) is 2. The molecule has 122 valence electrons. The number of nitrogens with one attached hydrogen (secondary N) is 2. The normalized spacial score (nSPS) is 16.7. The summed E-state index contributed by atoms with van der Waals surface area (Å²) in [5.41, 5.74) is 8.07. The van der Waals surface area contributed by atoms with Gasteiger partial charge in [-0.15, -0.1) is 0 Å². The molecule has 1 aromatic carbocycles. The van der Waals surface area contributed by atoms with Gasteiger partial charge in [-0.05, 0) is 48.4 Å². The molecule has 2 rings (SSSR count). The number of aryl methyl sites for hydroxylation is 1. The van der Waals surface area contributed by atoms with E-state index < -0.39 is 0 Å². The highest BCUT2D eigenvalue weighted by Gasteiger charge is 2.23. The Morgan fingerprint density at radius 3 is 2.65 bits per heavy atom. The first-order valence-electron chi connectivity index (χ1n) is 8.31. The number of benzene rings is 1. The molecule has 0 unspecified atom stereocenters. The van der Waals surface area contributed by atoms with Gasteiger partial charge < -0.3 is 10.6 Å². The first-order valence-corrected chi connectivity index (χ1v) is 8.31. The number of rotatable bonds is 7. The summed E-state index contributed by atoms with van der Waals surface area (Å²) in [5, 5.41) is 6.70. The molecule has 0 amide bonds. The molecule has 0 saturated carbocycles. The second-order valence-corrected chi connectivity index (χ2v) is 6.02. The van der Waals surface area contributed by atoms with Gasteiger partial charge in [0.1, 0.15) is 0 Å². The lowest BCUT2D eigenvalue weighted by Crippen LogP contribution is -2.21. The smallest absolute Gasteiger partial charge is 0.0519 e. The Morgan fingerprint density at radius 2 is 2.04 bits per heavy atom. The third-order valence-electron chi connectivity index (χ3n) is 4.65. The molecule has 0 spiro atoms. The van der Waals surface area contributed by atoms with E-state index in [0.717, 1.165) is 36.2 Å². The van der Waals surface area contributed by atoms with Crippen molar-refractivity contribution < 1.29 is 0 Å². The Labute approximate surface area is 140 Å². The molecule has 0 saturated heterocycles. The SMILES string of the molecule is C=C(N[C@H]1CCc2cc(C(=C)CC)ccc21)C(=C)/C(=C\C)NC. The topological polar surface area (TPSA) is 24.1 Å². The van der Waals surface area contributed by atoms with Crippen molar-refractivity contribution in [2.24, 2.45) is 0 Å². The summed E-state index contributed by atoms with van der Waals surface area (Å²) < 4.78 is 0. The van der Waals surface area contributed by atoms with Crippen LogP contribution in [0, 0.1) is 0 Å². The fraction of sp³-hybridized carbons (Fsp3) is 0.333. The van der Waals surface area contributed by atoms with Crippen molar-refractivity contribution in [2.45, 2.75) is 39.2 Å². The van der Waals surface area contributed by atoms with Crippen LogP contribution in [0.15, 0.2) is 61.0 Å². The third-order valence-corrected chi connectivity index (χ3v) is 4.65. The van der Waals surface area contributed by atoms with Gasteiger partial charge in [0.05, 0.1) is 6.04 Å². The molecule has 1 aliphatic rings. The van der Waals surface area contributed by atoms with Crippen molar-refractivity contribution in [3.8, 4) is 0 Å². The maximum atomic E-state index is 4.16. The molecule has 0 aliphatic heterocycles. The van der Waals surface area contributed by atoms with Crippen LogP contribution < -0.4 is 10.6 Å². The van der Waals surface area contributed by atoms with Crippen LogP contribution in [0.4, 0.5) is 0 Å². The highest BCUT2D eigenvalue weighted by molar-refractivity contribution is 5.64. The zero-order valence-electron chi connectivity index (χ0n) is 14.6. The summed E-state index contributed by atoms with van der Waals surface area (Å²) >= 11 is 0. The van der Waals surface area contributed by atoms with Crippen LogP contribution in [0.2, 0.25) is 0 Å². The Kier molecular flexibility index (Phi) is 5.49. The Hall–Kier alpha value is -2.22. The van der Waals surface area contributed by atoms with E-state index in [1.165, 1.54) is 22.3 Å². The van der Waals surface area contributed by atoms with Crippen LogP contribution in [-0.4, -0.2) is 7.05 Å². The molecule has 1 aromatic rings. The van der Waals surface area contributed by atoms with Crippen molar-refractivity contribution in [1.82, 2.24) is 10.6 Å². The van der Waals surface area contributed by atoms with E-state index in [-0.39, 0.29) is 0 Å². The van der Waals surface area contributed by atoms with Crippen LogP contribution in [0.25, 0.3) is 5.57 Å². The number of hydrogen-bond acceptors (Lipinski definition) is 2. The van der Waals surface area contributed by atoms with Crippen LogP contribution in [0.5, 0.6) is 0 Å². The fourth-order valence-corrected chi connectivity index (χ4v) is 3.12. The summed E-state index contributed by atoms with van der Waals surface area (Å²) in [6, 6.07) is 7.03. The lowest BCUT2D eigenvalue weighted by atomic mass is 9.99. The Morgan fingerprint density at radius 1 is 1.30 bits per heavy atom. The maximum absolute atomic E-state index is 4.16. The van der Waals surface area contributed by atoms with E-state index in [4.69, 9.17) is 0 Å². The molecular formula is C21H28N2. The molecule has 0 radical (unpaired) electrons. The van der Waals surface area contributed by atoms with E-state index >= 15 is 0 Å². The molecular weight excluding hydrogens is 280 g/mol. The summed E-state index contributed by atoms with van der Waals surface area (Å²) in [6.45, 7) is 16.6. The van der Waals surface area contributed by atoms with Crippen molar-refractivity contribution in [1.29, 1.82) is 0 Å². The molecule has 23 heavy (non-hydrogen) atoms. The highest BCUT2D eigenvalue weighted by atomic mass is 14.9. The maximum Gasteiger partial charge on any atom is 0.0519 e. The minimum absolute atomic E-state index is 0.313. The lowest BCUT2D eigenvalue weighted by Gasteiger charge is -2.20. The average molecular weight is 308 g/mol. The Balaban J connectivity index is 2.13. The van der Waals surface area contributed by atoms with E-state index in [2.05, 4.69) is 55.5 Å². The minimum atomic E-state index is 0.313. The molecule has 2 heteroatoms. The molecule has 1 aliphatic carbocycles. The summed E-state index contributed by atoms with van der Waals surface area (Å²) in [4.78, 5) is 0. The molecule has 2 N–H and O–H groups in total. The molecule has 2 nitrogen and oxygen atoms in total. The molecule has 0 heterocycles. The van der Waals surface area contributed by atoms with Gasteiger partial charge in [0.2, 0.25) is 0 Å². The van der Waals surface area contributed by atoms with E-state index in [9.17, 15) is 0 Å². The van der Waals surface area contributed by atoms with Crippen molar-refractivity contribution >= 4 is 5.57 Å². The number of likely N-dealkylation sites (N-methyl/N-ethyl adjacent to an activating group) is 1. The number of fused-ring (bicyclic) bond motifs is 1. The molecule has 0 aromatic heterocycles. The summed E-state index contributed by atoms with van der Waals surface area (Å²) in [6.07, 6.45) is 5.20.